The predicted octanol–water partition coefficient (Wildman–Crippen LogP) is 4.02. The van der Waals surface area contributed by atoms with Crippen molar-refractivity contribution in [2.45, 2.75) is 6.54 Å². The van der Waals surface area contributed by atoms with Gasteiger partial charge in [0, 0.05) is 29.3 Å². The Morgan fingerprint density at radius 3 is 2.95 bits per heavy atom. The number of pyridine rings is 1. The average molecular weight is 343 g/mol. The van der Waals surface area contributed by atoms with Gasteiger partial charge in [-0.15, -0.1) is 0 Å². The van der Waals surface area contributed by atoms with E-state index in [2.05, 4.69) is 26.2 Å². The normalized spacial score (nSPS) is 10.2. The van der Waals surface area contributed by atoms with Crippen LogP contribution in [0.4, 0.5) is 11.4 Å². The zero-order chi connectivity index (χ0) is 13.8. The third-order valence-electron chi connectivity index (χ3n) is 2.41. The number of hydrogen-bond acceptors (Lipinski definition) is 4. The van der Waals surface area contributed by atoms with Gasteiger partial charge in [-0.25, -0.2) is 4.98 Å². The molecular weight excluding hydrogens is 334 g/mol. The highest BCUT2D eigenvalue weighted by Gasteiger charge is 2.06. The van der Waals surface area contributed by atoms with Crippen LogP contribution in [0.25, 0.3) is 0 Å². The molecule has 2 aromatic rings. The van der Waals surface area contributed by atoms with E-state index in [0.717, 1.165) is 10.0 Å². The summed E-state index contributed by atoms with van der Waals surface area (Å²) in [7, 11) is 0. The first-order valence-corrected chi connectivity index (χ1v) is 6.51. The van der Waals surface area contributed by atoms with E-state index in [9.17, 15) is 10.1 Å². The number of hydrogen-bond donors (Lipinski definition) is 1. The highest BCUT2D eigenvalue weighted by molar-refractivity contribution is 9.10. The molecule has 0 saturated carbocycles. The van der Waals surface area contributed by atoms with E-state index in [1.54, 1.807) is 24.4 Å². The van der Waals surface area contributed by atoms with E-state index in [1.807, 2.05) is 0 Å². The number of nitrogens with one attached hydrogen (secondary N) is 1. The summed E-state index contributed by atoms with van der Waals surface area (Å²) in [6.07, 6.45) is 1.60. The maximum Gasteiger partial charge on any atom is 0.269 e. The zero-order valence-corrected chi connectivity index (χ0v) is 12.0. The van der Waals surface area contributed by atoms with Crippen molar-refractivity contribution in [3.05, 3.63) is 61.8 Å². The molecule has 19 heavy (non-hydrogen) atoms. The van der Waals surface area contributed by atoms with Crippen LogP contribution in [0.5, 0.6) is 0 Å². The largest absolute Gasteiger partial charge is 0.378 e. The van der Waals surface area contributed by atoms with Crippen molar-refractivity contribution >= 4 is 38.9 Å². The second-order valence-corrected chi connectivity index (χ2v) is 5.05. The lowest BCUT2D eigenvalue weighted by Gasteiger charge is -2.08. The van der Waals surface area contributed by atoms with Gasteiger partial charge in [0.05, 0.1) is 10.6 Å². The molecule has 1 N–H and O–H groups in total. The fraction of sp³-hybridized carbons (Fsp3) is 0.0833. The van der Waals surface area contributed by atoms with Crippen LogP contribution in [-0.4, -0.2) is 9.91 Å². The second-order valence-electron chi connectivity index (χ2n) is 3.77. The van der Waals surface area contributed by atoms with E-state index in [0.29, 0.717) is 17.4 Å². The molecule has 7 heteroatoms. The van der Waals surface area contributed by atoms with Crippen molar-refractivity contribution in [3.63, 3.8) is 0 Å². The van der Waals surface area contributed by atoms with Gasteiger partial charge in [0.1, 0.15) is 0 Å². The van der Waals surface area contributed by atoms with Crippen LogP contribution < -0.4 is 5.32 Å². The lowest BCUT2D eigenvalue weighted by Crippen LogP contribution is -2.01. The standard InChI is InChI=1S/C12H9BrClN3O2/c13-9-5-11(12(14)16-7-9)15-6-8-2-1-3-10(4-8)17(18)19/h1-5,7,15H,6H2. The summed E-state index contributed by atoms with van der Waals surface area (Å²) in [6, 6.07) is 8.23. The Kier molecular flexibility index (Phi) is 4.34. The van der Waals surface area contributed by atoms with Gasteiger partial charge in [-0.1, -0.05) is 23.7 Å². The van der Waals surface area contributed by atoms with Gasteiger partial charge >= 0.3 is 0 Å². The number of nitro groups is 1. The summed E-state index contributed by atoms with van der Waals surface area (Å²) in [5, 5.41) is 14.1. The molecule has 1 aromatic carbocycles. The van der Waals surface area contributed by atoms with Gasteiger partial charge in [-0.2, -0.15) is 0 Å². The van der Waals surface area contributed by atoms with Crippen LogP contribution >= 0.6 is 27.5 Å². The van der Waals surface area contributed by atoms with Crippen LogP contribution in [0.1, 0.15) is 5.56 Å². The summed E-state index contributed by atoms with van der Waals surface area (Å²) in [4.78, 5) is 14.2. The minimum Gasteiger partial charge on any atom is -0.378 e. The Morgan fingerprint density at radius 1 is 1.42 bits per heavy atom. The highest BCUT2D eigenvalue weighted by atomic mass is 79.9. The Labute approximate surface area is 122 Å². The van der Waals surface area contributed by atoms with Crippen LogP contribution in [0.15, 0.2) is 41.0 Å². The molecule has 0 bridgehead atoms. The maximum absolute atomic E-state index is 10.7. The van der Waals surface area contributed by atoms with Crippen LogP contribution in [0.3, 0.4) is 0 Å². The predicted molar refractivity (Wildman–Crippen MR) is 77.4 cm³/mol. The Hall–Kier alpha value is -1.66. The van der Waals surface area contributed by atoms with Crippen molar-refractivity contribution in [1.82, 2.24) is 4.98 Å². The topological polar surface area (TPSA) is 68.1 Å². The van der Waals surface area contributed by atoms with E-state index < -0.39 is 4.92 Å². The minimum absolute atomic E-state index is 0.0674. The molecule has 98 valence electrons. The lowest BCUT2D eigenvalue weighted by atomic mass is 10.2. The summed E-state index contributed by atoms with van der Waals surface area (Å²) in [5.41, 5.74) is 1.53. The highest BCUT2D eigenvalue weighted by Crippen LogP contribution is 2.24. The molecule has 0 fully saturated rings. The van der Waals surface area contributed by atoms with E-state index >= 15 is 0 Å². The van der Waals surface area contributed by atoms with Gasteiger partial charge in [0.25, 0.3) is 5.69 Å². The zero-order valence-electron chi connectivity index (χ0n) is 9.64. The first-order valence-electron chi connectivity index (χ1n) is 5.34. The fourth-order valence-electron chi connectivity index (χ4n) is 1.52. The first kappa shape index (κ1) is 13.8. The molecule has 0 unspecified atom stereocenters. The fourth-order valence-corrected chi connectivity index (χ4v) is 2.03. The molecule has 0 saturated heterocycles. The molecule has 0 amide bonds. The number of nitrogens with zero attached hydrogens (tertiary/aromatic N) is 2. The number of anilines is 1. The number of halogens is 2. The third-order valence-corrected chi connectivity index (χ3v) is 3.14. The molecule has 2 rings (SSSR count). The van der Waals surface area contributed by atoms with Crippen molar-refractivity contribution in [2.75, 3.05) is 5.32 Å². The first-order chi connectivity index (χ1) is 9.06. The van der Waals surface area contributed by atoms with Crippen molar-refractivity contribution < 1.29 is 4.92 Å². The smallest absolute Gasteiger partial charge is 0.269 e. The molecule has 1 heterocycles. The number of nitro benzene ring substituents is 1. The summed E-state index contributed by atoms with van der Waals surface area (Å²) < 4.78 is 0.804. The third kappa shape index (κ3) is 3.65. The van der Waals surface area contributed by atoms with Gasteiger partial charge in [-0.05, 0) is 27.6 Å². The number of aromatic nitrogens is 1. The number of non-ortho nitro benzene ring substituents is 1. The molecule has 0 aliphatic carbocycles. The van der Waals surface area contributed by atoms with Gasteiger partial charge in [0.2, 0.25) is 0 Å². The van der Waals surface area contributed by atoms with Crippen LogP contribution in [0, 0.1) is 10.1 Å². The molecule has 0 spiro atoms. The molecule has 0 aliphatic rings. The molecule has 0 radical (unpaired) electrons. The van der Waals surface area contributed by atoms with E-state index in [4.69, 9.17) is 11.6 Å². The lowest BCUT2D eigenvalue weighted by molar-refractivity contribution is -0.384. The van der Waals surface area contributed by atoms with Gasteiger partial charge in [0.15, 0.2) is 5.15 Å². The molecule has 0 aliphatic heterocycles. The SMILES string of the molecule is O=[N+]([O-])c1cccc(CNc2cc(Br)cnc2Cl)c1. The molecule has 5 nitrogen and oxygen atoms in total. The summed E-state index contributed by atoms with van der Waals surface area (Å²) in [5.74, 6) is 0. The van der Waals surface area contributed by atoms with Crippen molar-refractivity contribution in [3.8, 4) is 0 Å². The number of benzene rings is 1. The van der Waals surface area contributed by atoms with Crippen molar-refractivity contribution in [1.29, 1.82) is 0 Å². The Bertz CT molecular complexity index is 622. The van der Waals surface area contributed by atoms with Gasteiger partial charge in [-0.3, -0.25) is 10.1 Å². The van der Waals surface area contributed by atoms with E-state index in [-0.39, 0.29) is 5.69 Å². The Balaban J connectivity index is 2.12. The maximum atomic E-state index is 10.7. The molecule has 1 aromatic heterocycles. The van der Waals surface area contributed by atoms with Gasteiger partial charge < -0.3 is 5.32 Å². The molecule has 0 atom stereocenters. The summed E-state index contributed by atoms with van der Waals surface area (Å²) >= 11 is 9.24. The summed E-state index contributed by atoms with van der Waals surface area (Å²) in [6.45, 7) is 0.430. The second kappa shape index (κ2) is 5.99. The van der Waals surface area contributed by atoms with Crippen molar-refractivity contribution in [2.24, 2.45) is 0 Å². The molecular formula is C12H9BrClN3O2. The monoisotopic (exact) mass is 341 g/mol. The quantitative estimate of drug-likeness (QED) is 0.518. The number of rotatable bonds is 4. The average Bonchev–Trinajstić information content (AvgIpc) is 2.40. The van der Waals surface area contributed by atoms with Crippen LogP contribution in [0.2, 0.25) is 5.15 Å². The minimum atomic E-state index is -0.420. The van der Waals surface area contributed by atoms with Crippen LogP contribution in [-0.2, 0) is 6.54 Å². The Morgan fingerprint density at radius 2 is 2.21 bits per heavy atom. The van der Waals surface area contributed by atoms with E-state index in [1.165, 1.54) is 12.1 Å².